The molecule has 1 fully saturated rings. The van der Waals surface area contributed by atoms with Crippen LogP contribution in [-0.4, -0.2) is 71.9 Å². The van der Waals surface area contributed by atoms with Crippen LogP contribution in [0.4, 0.5) is 5.82 Å². The molecule has 364 valence electrons. The van der Waals surface area contributed by atoms with E-state index in [1.807, 2.05) is 78.9 Å². The topological polar surface area (TPSA) is 146 Å². The molecule has 4 unspecified atom stereocenters. The van der Waals surface area contributed by atoms with Gasteiger partial charge in [0.1, 0.15) is 35.2 Å². The number of methoxy groups -OCH3 is 2. The third-order valence-corrected chi connectivity index (χ3v) is 14.3. The van der Waals surface area contributed by atoms with Crippen molar-refractivity contribution >= 4 is 20.3 Å². The fourth-order valence-electron chi connectivity index (χ4n) is 8.68. The van der Waals surface area contributed by atoms with Crippen molar-refractivity contribution in [1.29, 1.82) is 5.26 Å². The fraction of sp³-hybridized carbons (Fsp3) is 0.547. The predicted octanol–water partition coefficient (Wildman–Crippen LogP) is 11.9. The summed E-state index contributed by atoms with van der Waals surface area (Å²) in [7, 11) is 1.58. The van der Waals surface area contributed by atoms with Crippen LogP contribution in [0.3, 0.4) is 0 Å². The second-order valence-corrected chi connectivity index (χ2v) is 19.1. The Morgan fingerprint density at radius 3 is 1.91 bits per heavy atom. The van der Waals surface area contributed by atoms with Gasteiger partial charge in [-0.2, -0.15) is 10.2 Å². The van der Waals surface area contributed by atoms with Gasteiger partial charge in [0.05, 0.1) is 46.0 Å². The van der Waals surface area contributed by atoms with Gasteiger partial charge in [-0.3, -0.25) is 9.36 Å². The van der Waals surface area contributed by atoms with E-state index in [-0.39, 0.29) is 49.9 Å². The molecule has 3 aromatic carbocycles. The monoisotopic (exact) mass is 940 g/mol. The minimum absolute atomic E-state index is 0.0359. The lowest BCUT2D eigenvalue weighted by Crippen LogP contribution is -2.39. The van der Waals surface area contributed by atoms with Crippen LogP contribution in [0.5, 0.6) is 11.5 Å². The molecule has 0 spiro atoms. The fourth-order valence-corrected chi connectivity index (χ4v) is 10.4. The summed E-state index contributed by atoms with van der Waals surface area (Å²) in [4.78, 5) is 31.0. The minimum Gasteiger partial charge on any atom is -0.497 e. The molecule has 0 saturated carbocycles. The quantitative estimate of drug-likeness (QED) is 0.0303. The zero-order chi connectivity index (χ0) is 48.0. The lowest BCUT2D eigenvalue weighted by molar-refractivity contribution is -0.116. The van der Waals surface area contributed by atoms with Crippen LogP contribution < -0.4 is 20.5 Å². The zero-order valence-corrected chi connectivity index (χ0v) is 41.8. The number of amides is 1. The average molecular weight is 940 g/mol. The molecule has 4 atom stereocenters. The van der Waals surface area contributed by atoms with E-state index >= 15 is 0 Å². The summed E-state index contributed by atoms with van der Waals surface area (Å²) in [5, 5.41) is 12.2. The van der Waals surface area contributed by atoms with E-state index in [9.17, 15) is 14.9 Å². The Morgan fingerprint density at radius 2 is 1.39 bits per heavy atom. The molecule has 0 bridgehead atoms. The number of carbonyl (C=O) groups is 1. The molecule has 5 rings (SSSR count). The first-order valence-corrected chi connectivity index (χ1v) is 25.5. The van der Waals surface area contributed by atoms with Crippen molar-refractivity contribution in [2.24, 2.45) is 0 Å². The molecule has 13 nitrogen and oxygen atoms in total. The lowest BCUT2D eigenvalue weighted by Gasteiger charge is -2.39. The number of nitriles is 1. The number of nitrogens with one attached hydrogen (secondary N) is 1. The second-order valence-electron chi connectivity index (χ2n) is 17.7. The van der Waals surface area contributed by atoms with Gasteiger partial charge >= 0.3 is 5.69 Å². The lowest BCUT2D eigenvalue weighted by atomic mass is 9.80. The molecule has 1 aromatic heterocycles. The largest absolute Gasteiger partial charge is 0.497 e. The molecule has 67 heavy (non-hydrogen) atoms. The molecule has 1 aliphatic heterocycles. The number of carbonyl (C=O) groups excluding carboxylic acids is 1. The smallest absolute Gasteiger partial charge is 0.351 e. The molecule has 4 aromatic rings. The number of aromatic nitrogens is 2. The highest BCUT2D eigenvalue weighted by molar-refractivity contribution is 7.44. The van der Waals surface area contributed by atoms with E-state index in [2.05, 4.69) is 55.7 Å². The van der Waals surface area contributed by atoms with Gasteiger partial charge in [-0.05, 0) is 81.1 Å². The van der Waals surface area contributed by atoms with Crippen LogP contribution in [0.1, 0.15) is 147 Å². The van der Waals surface area contributed by atoms with Crippen LogP contribution >= 0.6 is 8.53 Å². The van der Waals surface area contributed by atoms with E-state index in [0.29, 0.717) is 17.9 Å². The number of hydrogen-bond acceptors (Lipinski definition) is 11. The maximum atomic E-state index is 13.8. The molecular formula is C53H74N5O8P. The zero-order valence-electron chi connectivity index (χ0n) is 40.9. The second kappa shape index (κ2) is 28.0. The highest BCUT2D eigenvalue weighted by Gasteiger charge is 2.45. The number of nitrogens with zero attached hydrogens (tertiary/aromatic N) is 4. The summed E-state index contributed by atoms with van der Waals surface area (Å²) in [5.41, 5.74) is 0.878. The Morgan fingerprint density at radius 1 is 0.836 bits per heavy atom. The number of benzene rings is 3. The van der Waals surface area contributed by atoms with Crippen LogP contribution in [0.15, 0.2) is 95.9 Å². The molecule has 1 saturated heterocycles. The maximum absolute atomic E-state index is 13.8. The Labute approximate surface area is 400 Å². The van der Waals surface area contributed by atoms with Gasteiger partial charge in [0.25, 0.3) is 8.53 Å². The van der Waals surface area contributed by atoms with Crippen molar-refractivity contribution in [3.8, 4) is 17.6 Å². The van der Waals surface area contributed by atoms with E-state index in [1.165, 1.54) is 55.9 Å². The number of ether oxygens (including phenoxy) is 4. The van der Waals surface area contributed by atoms with Gasteiger partial charge in [-0.15, -0.1) is 0 Å². The van der Waals surface area contributed by atoms with Crippen LogP contribution in [0, 0.1) is 11.3 Å². The maximum Gasteiger partial charge on any atom is 0.351 e. The minimum atomic E-state index is -1.69. The third kappa shape index (κ3) is 15.4. The van der Waals surface area contributed by atoms with E-state index in [4.69, 9.17) is 28.0 Å². The molecule has 0 aliphatic carbocycles. The Balaban J connectivity index is 1.39. The molecular weight excluding hydrogens is 866 g/mol. The van der Waals surface area contributed by atoms with Crippen molar-refractivity contribution in [1.82, 2.24) is 14.2 Å². The van der Waals surface area contributed by atoms with Crippen molar-refractivity contribution < 1.29 is 32.8 Å². The van der Waals surface area contributed by atoms with Crippen LogP contribution in [0.2, 0.25) is 0 Å². The molecule has 1 N–H and O–H groups in total. The third-order valence-electron chi connectivity index (χ3n) is 12.1. The average Bonchev–Trinajstić information content (AvgIpc) is 3.73. The van der Waals surface area contributed by atoms with E-state index in [0.717, 1.165) is 36.0 Å². The summed E-state index contributed by atoms with van der Waals surface area (Å²) in [6, 6.07) is 29.6. The standard InChI is InChI=1S/C53H74N5O8P/c1-8-9-10-11-12-13-14-15-16-17-21-25-50(59)55-49-34-36-57(52(60)56-49)51-38-47(66-67(64-37-22-35-54)58(40(2)3)41(4)5)48(65-51)39-63-53(42-23-19-18-20-24-42,43-26-30-45(61-6)31-27-43)44-28-32-46(62-7)33-29-44/h18-20,23-24,26-34,36,40-41,47-48,51H,8-17,21-22,25,37-39H2,1-7H3,(H,55,56,59,60). The number of anilines is 1. The molecule has 14 heteroatoms. The number of hydrogen-bond donors (Lipinski definition) is 1. The first-order chi connectivity index (χ1) is 32.5. The van der Waals surface area contributed by atoms with Crippen molar-refractivity contribution in [3.63, 3.8) is 0 Å². The first-order valence-electron chi connectivity index (χ1n) is 24.3. The summed E-state index contributed by atoms with van der Waals surface area (Å²) in [6.07, 6.45) is 13.6. The SMILES string of the molecule is CCCCCCCCCCCCCC(=O)Nc1ccn(C2CC(OP(OCCC#N)N(C(C)C)C(C)C)C(COC(c3ccccc3)(c3ccc(OC)cc3)c3ccc(OC)cc3)O2)c(=O)n1. The van der Waals surface area contributed by atoms with Gasteiger partial charge in [-0.25, -0.2) is 9.46 Å². The summed E-state index contributed by atoms with van der Waals surface area (Å²) < 4.78 is 42.2. The highest BCUT2D eigenvalue weighted by atomic mass is 31.2. The summed E-state index contributed by atoms with van der Waals surface area (Å²) >= 11 is 0. The van der Waals surface area contributed by atoms with Gasteiger partial charge in [0, 0.05) is 31.1 Å². The first kappa shape index (κ1) is 53.3. The predicted molar refractivity (Wildman–Crippen MR) is 265 cm³/mol. The summed E-state index contributed by atoms with van der Waals surface area (Å²) in [5.74, 6) is 1.44. The normalized spacial score (nSPS) is 16.6. The summed E-state index contributed by atoms with van der Waals surface area (Å²) in [6.45, 7) is 10.8. The highest BCUT2D eigenvalue weighted by Crippen LogP contribution is 2.50. The van der Waals surface area contributed by atoms with Gasteiger partial charge in [-0.1, -0.05) is 126 Å². The van der Waals surface area contributed by atoms with Gasteiger partial charge < -0.3 is 33.3 Å². The molecule has 1 aliphatic rings. The molecule has 0 radical (unpaired) electrons. The number of rotatable bonds is 30. The molecule has 1 amide bonds. The van der Waals surface area contributed by atoms with Crippen molar-refractivity contribution in [2.75, 3.05) is 32.8 Å². The van der Waals surface area contributed by atoms with Gasteiger partial charge in [0.15, 0.2) is 0 Å². The van der Waals surface area contributed by atoms with Crippen LogP contribution in [0.25, 0.3) is 0 Å². The number of unbranched alkanes of at least 4 members (excludes halogenated alkanes) is 10. The Kier molecular flexibility index (Phi) is 22.2. The van der Waals surface area contributed by atoms with Crippen molar-refractivity contribution in [3.05, 3.63) is 118 Å². The van der Waals surface area contributed by atoms with Crippen molar-refractivity contribution in [2.45, 2.75) is 161 Å². The Hall–Kier alpha value is -4.67. The van der Waals surface area contributed by atoms with E-state index < -0.39 is 38.3 Å². The Bertz CT molecular complexity index is 2090. The molecule has 2 heterocycles. The van der Waals surface area contributed by atoms with E-state index in [1.54, 1.807) is 26.5 Å². The van der Waals surface area contributed by atoms with Crippen LogP contribution in [-0.2, 0) is 28.9 Å². The van der Waals surface area contributed by atoms with Gasteiger partial charge in [0.2, 0.25) is 5.91 Å².